The zero-order chi connectivity index (χ0) is 13.9. The Balaban J connectivity index is 0.000000258. The minimum absolute atomic E-state index is 0.990. The molecule has 108 valence electrons. The van der Waals surface area contributed by atoms with Crippen LogP contribution in [0.15, 0.2) is 30.3 Å². The van der Waals surface area contributed by atoms with Gasteiger partial charge in [0.25, 0.3) is 0 Å². The molecule has 0 radical (unpaired) electrons. The molecule has 0 nitrogen and oxygen atoms in total. The first-order valence-electron chi connectivity index (χ1n) is 8.31. The van der Waals surface area contributed by atoms with E-state index in [1.807, 2.05) is 0 Å². The minimum Gasteiger partial charge on any atom is -0.0654 e. The van der Waals surface area contributed by atoms with E-state index in [1.54, 1.807) is 0 Å². The molecule has 0 N–H and O–H groups in total. The normalized spacial score (nSPS) is 21.2. The number of aryl methyl sites for hydroxylation is 1. The van der Waals surface area contributed by atoms with Crippen molar-refractivity contribution in [2.75, 3.05) is 0 Å². The molecule has 1 aromatic rings. The molecular weight excluding hydrogens is 228 g/mol. The minimum atomic E-state index is 0.990. The quantitative estimate of drug-likeness (QED) is 0.530. The highest BCUT2D eigenvalue weighted by molar-refractivity contribution is 5.14. The smallest absolute Gasteiger partial charge is 0.0276 e. The van der Waals surface area contributed by atoms with Crippen LogP contribution in [0.4, 0.5) is 0 Å². The van der Waals surface area contributed by atoms with Crippen molar-refractivity contribution in [1.29, 1.82) is 0 Å². The molecule has 0 saturated heterocycles. The Kier molecular flexibility index (Phi) is 8.62. The Morgan fingerprint density at radius 1 is 0.947 bits per heavy atom. The topological polar surface area (TPSA) is 0 Å². The van der Waals surface area contributed by atoms with Crippen LogP contribution in [0.5, 0.6) is 0 Å². The third-order valence-electron chi connectivity index (χ3n) is 4.40. The molecule has 1 aromatic carbocycles. The zero-order valence-electron chi connectivity index (χ0n) is 13.2. The predicted octanol–water partition coefficient (Wildman–Crippen LogP) is 6.25. The van der Waals surface area contributed by atoms with Crippen molar-refractivity contribution in [3.05, 3.63) is 35.9 Å². The summed E-state index contributed by atoms with van der Waals surface area (Å²) in [6.45, 7) is 6.85. The standard InChI is InChI=1S/C13H18.C6H14/c1-11-7-9-13(11)10-8-12-5-3-2-4-6-12;1-3-5-6-4-2/h2-6,11,13H,7-10H2,1H3;3-6H2,1-2H3. The summed E-state index contributed by atoms with van der Waals surface area (Å²) in [7, 11) is 0. The van der Waals surface area contributed by atoms with Gasteiger partial charge in [0, 0.05) is 0 Å². The van der Waals surface area contributed by atoms with Gasteiger partial charge in [0.15, 0.2) is 0 Å². The third kappa shape index (κ3) is 6.80. The summed E-state index contributed by atoms with van der Waals surface area (Å²) in [6.07, 6.45) is 11.1. The van der Waals surface area contributed by atoms with Crippen molar-refractivity contribution in [3.63, 3.8) is 0 Å². The van der Waals surface area contributed by atoms with Gasteiger partial charge in [-0.15, -0.1) is 0 Å². The second kappa shape index (κ2) is 10.1. The molecule has 0 heterocycles. The maximum atomic E-state index is 2.39. The Morgan fingerprint density at radius 3 is 2.00 bits per heavy atom. The zero-order valence-corrected chi connectivity index (χ0v) is 13.2. The number of unbranched alkanes of at least 4 members (excludes halogenated alkanes) is 3. The number of hydrogen-bond donors (Lipinski definition) is 0. The van der Waals surface area contributed by atoms with Crippen molar-refractivity contribution in [3.8, 4) is 0 Å². The van der Waals surface area contributed by atoms with Gasteiger partial charge in [0.1, 0.15) is 0 Å². The maximum Gasteiger partial charge on any atom is -0.0276 e. The fraction of sp³-hybridized carbons (Fsp3) is 0.684. The second-order valence-corrected chi connectivity index (χ2v) is 6.05. The summed E-state index contributed by atoms with van der Waals surface area (Å²) in [6, 6.07) is 10.8. The molecule has 2 rings (SSSR count). The van der Waals surface area contributed by atoms with E-state index >= 15 is 0 Å². The van der Waals surface area contributed by atoms with E-state index in [9.17, 15) is 0 Å². The van der Waals surface area contributed by atoms with E-state index in [0.717, 1.165) is 11.8 Å². The van der Waals surface area contributed by atoms with Crippen LogP contribution in [0.3, 0.4) is 0 Å². The van der Waals surface area contributed by atoms with Gasteiger partial charge in [-0.1, -0.05) is 83.2 Å². The van der Waals surface area contributed by atoms with Crippen molar-refractivity contribution in [2.24, 2.45) is 11.8 Å². The molecule has 1 saturated carbocycles. The first-order valence-corrected chi connectivity index (χ1v) is 8.31. The lowest BCUT2D eigenvalue weighted by Gasteiger charge is -2.33. The first-order chi connectivity index (χ1) is 9.27. The lowest BCUT2D eigenvalue weighted by molar-refractivity contribution is 0.184. The summed E-state index contributed by atoms with van der Waals surface area (Å²) in [5, 5.41) is 0. The van der Waals surface area contributed by atoms with Crippen LogP contribution >= 0.6 is 0 Å². The Labute approximate surface area is 120 Å². The van der Waals surface area contributed by atoms with Crippen molar-refractivity contribution < 1.29 is 0 Å². The van der Waals surface area contributed by atoms with Crippen LogP contribution in [0, 0.1) is 11.8 Å². The van der Waals surface area contributed by atoms with Gasteiger partial charge in [-0.3, -0.25) is 0 Å². The maximum absolute atomic E-state index is 2.39. The Morgan fingerprint density at radius 2 is 1.58 bits per heavy atom. The molecule has 1 fully saturated rings. The molecular formula is C19H32. The van der Waals surface area contributed by atoms with Gasteiger partial charge < -0.3 is 0 Å². The Hall–Kier alpha value is -0.780. The van der Waals surface area contributed by atoms with Crippen molar-refractivity contribution in [2.45, 2.75) is 72.1 Å². The molecule has 0 heteroatoms. The van der Waals surface area contributed by atoms with E-state index in [0.29, 0.717) is 0 Å². The van der Waals surface area contributed by atoms with E-state index in [4.69, 9.17) is 0 Å². The average molecular weight is 260 g/mol. The molecule has 0 spiro atoms. The molecule has 19 heavy (non-hydrogen) atoms. The van der Waals surface area contributed by atoms with Crippen LogP contribution in [0.25, 0.3) is 0 Å². The van der Waals surface area contributed by atoms with Gasteiger partial charge in [0.2, 0.25) is 0 Å². The SMILES string of the molecule is CC1CCC1CCc1ccccc1.CCCCCC. The van der Waals surface area contributed by atoms with E-state index < -0.39 is 0 Å². The van der Waals surface area contributed by atoms with Gasteiger partial charge in [0.05, 0.1) is 0 Å². The lowest BCUT2D eigenvalue weighted by Crippen LogP contribution is -2.23. The molecule has 2 unspecified atom stereocenters. The molecule has 0 bridgehead atoms. The van der Waals surface area contributed by atoms with Gasteiger partial charge in [-0.05, 0) is 36.7 Å². The highest BCUT2D eigenvalue weighted by atomic mass is 14.3. The molecule has 1 aliphatic rings. The second-order valence-electron chi connectivity index (χ2n) is 6.05. The van der Waals surface area contributed by atoms with Gasteiger partial charge >= 0.3 is 0 Å². The largest absolute Gasteiger partial charge is 0.0654 e. The summed E-state index contributed by atoms with van der Waals surface area (Å²) in [5.74, 6) is 2.00. The summed E-state index contributed by atoms with van der Waals surface area (Å²) in [4.78, 5) is 0. The monoisotopic (exact) mass is 260 g/mol. The fourth-order valence-corrected chi connectivity index (χ4v) is 2.66. The van der Waals surface area contributed by atoms with E-state index in [1.165, 1.54) is 56.9 Å². The van der Waals surface area contributed by atoms with Crippen LogP contribution in [0.2, 0.25) is 0 Å². The average Bonchev–Trinajstić information content (AvgIpc) is 2.45. The van der Waals surface area contributed by atoms with E-state index in [2.05, 4.69) is 51.1 Å². The lowest BCUT2D eigenvalue weighted by atomic mass is 9.72. The Bertz CT molecular complexity index is 297. The number of benzene rings is 1. The van der Waals surface area contributed by atoms with Gasteiger partial charge in [-0.2, -0.15) is 0 Å². The molecule has 0 aromatic heterocycles. The van der Waals surface area contributed by atoms with Crippen LogP contribution in [-0.4, -0.2) is 0 Å². The van der Waals surface area contributed by atoms with Crippen LogP contribution in [-0.2, 0) is 6.42 Å². The number of hydrogen-bond acceptors (Lipinski definition) is 0. The highest BCUT2D eigenvalue weighted by Crippen LogP contribution is 2.36. The molecule has 2 atom stereocenters. The molecule has 0 aliphatic heterocycles. The summed E-state index contributed by atoms with van der Waals surface area (Å²) in [5.41, 5.74) is 1.50. The molecule has 1 aliphatic carbocycles. The summed E-state index contributed by atoms with van der Waals surface area (Å²) < 4.78 is 0. The predicted molar refractivity (Wildman–Crippen MR) is 86.5 cm³/mol. The summed E-state index contributed by atoms with van der Waals surface area (Å²) >= 11 is 0. The highest BCUT2D eigenvalue weighted by Gasteiger charge is 2.25. The number of rotatable bonds is 6. The fourth-order valence-electron chi connectivity index (χ4n) is 2.66. The van der Waals surface area contributed by atoms with Crippen molar-refractivity contribution in [1.82, 2.24) is 0 Å². The first kappa shape index (κ1) is 16.3. The van der Waals surface area contributed by atoms with Crippen molar-refractivity contribution >= 4 is 0 Å². The molecule has 0 amide bonds. The van der Waals surface area contributed by atoms with E-state index in [-0.39, 0.29) is 0 Å². The van der Waals surface area contributed by atoms with Crippen LogP contribution in [0.1, 0.15) is 71.3 Å². The van der Waals surface area contributed by atoms with Crippen LogP contribution < -0.4 is 0 Å². The van der Waals surface area contributed by atoms with Gasteiger partial charge in [-0.25, -0.2) is 0 Å². The third-order valence-corrected chi connectivity index (χ3v) is 4.40.